The zero-order valence-corrected chi connectivity index (χ0v) is 21.3. The highest BCUT2D eigenvalue weighted by atomic mass is 16.5. The van der Waals surface area contributed by atoms with Gasteiger partial charge in [-0.3, -0.25) is 0 Å². The molecule has 0 spiro atoms. The summed E-state index contributed by atoms with van der Waals surface area (Å²) in [7, 11) is 0. The van der Waals surface area contributed by atoms with Crippen LogP contribution in [0.1, 0.15) is 102 Å². The first-order valence-electron chi connectivity index (χ1n) is 13.8. The molecule has 0 N–H and O–H groups in total. The molecule has 180 valence electrons. The van der Waals surface area contributed by atoms with Crippen molar-refractivity contribution in [1.29, 1.82) is 0 Å². The van der Waals surface area contributed by atoms with Crippen LogP contribution in [0.2, 0.25) is 0 Å². The first-order valence-corrected chi connectivity index (χ1v) is 13.8. The molecule has 4 aliphatic rings. The first-order chi connectivity index (χ1) is 15.9. The molecule has 3 saturated carbocycles. The molecule has 2 heteroatoms. The molecule has 33 heavy (non-hydrogen) atoms. The molecule has 3 fully saturated rings. The van der Waals surface area contributed by atoms with Gasteiger partial charge in [0.2, 0.25) is 0 Å². The molecule has 0 aromatic heterocycles. The summed E-state index contributed by atoms with van der Waals surface area (Å²) in [6, 6.07) is 9.49. The molecular formula is C31H44O2. The predicted octanol–water partition coefficient (Wildman–Crippen LogP) is 8.23. The second kappa shape index (κ2) is 8.90. The highest BCUT2D eigenvalue weighted by molar-refractivity contribution is 5.89. The Morgan fingerprint density at radius 1 is 1.09 bits per heavy atom. The molecule has 1 unspecified atom stereocenters. The Balaban J connectivity index is 1.30. The maximum atomic E-state index is 12.6. The van der Waals surface area contributed by atoms with E-state index in [9.17, 15) is 4.79 Å². The van der Waals surface area contributed by atoms with Crippen LogP contribution in [-0.4, -0.2) is 12.1 Å². The van der Waals surface area contributed by atoms with Crippen LogP contribution in [0.25, 0.3) is 0 Å². The van der Waals surface area contributed by atoms with Gasteiger partial charge in [0.05, 0.1) is 5.56 Å². The molecule has 2 nitrogen and oxygen atoms in total. The maximum absolute atomic E-state index is 12.6. The van der Waals surface area contributed by atoms with Crippen LogP contribution in [0.5, 0.6) is 0 Å². The summed E-state index contributed by atoms with van der Waals surface area (Å²) in [5, 5.41) is 0. The van der Waals surface area contributed by atoms with Crippen molar-refractivity contribution >= 4 is 5.97 Å². The topological polar surface area (TPSA) is 26.3 Å². The number of rotatable bonds is 5. The van der Waals surface area contributed by atoms with Gasteiger partial charge in [0.15, 0.2) is 0 Å². The van der Waals surface area contributed by atoms with Crippen molar-refractivity contribution in [2.24, 2.45) is 40.4 Å². The molecule has 1 aromatic rings. The molecule has 0 aliphatic heterocycles. The number of fused-ring (bicyclic) bond motifs is 5. The average molecular weight is 449 g/mol. The Kier molecular flexibility index (Phi) is 6.25. The van der Waals surface area contributed by atoms with Crippen LogP contribution in [0.3, 0.4) is 0 Å². The maximum Gasteiger partial charge on any atom is 0.338 e. The van der Waals surface area contributed by atoms with Gasteiger partial charge >= 0.3 is 5.97 Å². The Labute approximate surface area is 201 Å². The number of hydrogen-bond donors (Lipinski definition) is 0. The summed E-state index contributed by atoms with van der Waals surface area (Å²) in [5.41, 5.74) is 3.30. The van der Waals surface area contributed by atoms with E-state index in [0.29, 0.717) is 22.3 Å². The Morgan fingerprint density at radius 2 is 1.88 bits per heavy atom. The fourth-order valence-electron chi connectivity index (χ4n) is 9.02. The largest absolute Gasteiger partial charge is 0.459 e. The van der Waals surface area contributed by atoms with Crippen molar-refractivity contribution in [3.63, 3.8) is 0 Å². The second-order valence-corrected chi connectivity index (χ2v) is 12.4. The number of benzene rings is 1. The van der Waals surface area contributed by atoms with Gasteiger partial charge in [-0.05, 0) is 104 Å². The van der Waals surface area contributed by atoms with E-state index in [4.69, 9.17) is 4.74 Å². The Morgan fingerprint density at radius 3 is 2.64 bits per heavy atom. The van der Waals surface area contributed by atoms with E-state index in [1.807, 2.05) is 30.3 Å². The molecule has 0 bridgehead atoms. The third-order valence-electron chi connectivity index (χ3n) is 10.8. The zero-order chi connectivity index (χ0) is 23.2. The van der Waals surface area contributed by atoms with Gasteiger partial charge in [0.1, 0.15) is 6.10 Å². The van der Waals surface area contributed by atoms with Crippen LogP contribution < -0.4 is 0 Å². The van der Waals surface area contributed by atoms with E-state index in [1.54, 1.807) is 5.57 Å². The molecule has 0 radical (unpaired) electrons. The standard InChI is InChI=1S/C31H44O2/c1-5-9-21(2)26-14-15-27-25-13-12-23-20-24(33-29(32)22-10-7-6-8-11-22)16-18-30(23,3)28(25)17-19-31(26,27)4/h6-8,10-11,17,21,23-27H,5,9,12-16,18-20H2,1-4H3/t21-,23-,24-,25+,26?,27+,30+,31-/m1/s1. The minimum absolute atomic E-state index is 0.0764. The van der Waals surface area contributed by atoms with Crippen molar-refractivity contribution < 1.29 is 9.53 Å². The molecular weight excluding hydrogens is 404 g/mol. The molecule has 0 amide bonds. The third kappa shape index (κ3) is 3.90. The lowest BCUT2D eigenvalue weighted by molar-refractivity contribution is -0.0314. The van der Waals surface area contributed by atoms with Gasteiger partial charge < -0.3 is 4.74 Å². The summed E-state index contributed by atoms with van der Waals surface area (Å²) < 4.78 is 6.00. The van der Waals surface area contributed by atoms with E-state index >= 15 is 0 Å². The first kappa shape index (κ1) is 23.2. The molecule has 5 rings (SSSR count). The van der Waals surface area contributed by atoms with Gasteiger partial charge in [-0.1, -0.05) is 70.4 Å². The quantitative estimate of drug-likeness (QED) is 0.335. The lowest BCUT2D eigenvalue weighted by Crippen LogP contribution is -2.49. The summed E-state index contributed by atoms with van der Waals surface area (Å²) >= 11 is 0. The van der Waals surface area contributed by atoms with Crippen LogP contribution >= 0.6 is 0 Å². The summed E-state index contributed by atoms with van der Waals surface area (Å²) in [4.78, 5) is 12.6. The molecule has 0 saturated heterocycles. The number of allylic oxidation sites excluding steroid dienone is 2. The molecule has 0 heterocycles. The van der Waals surface area contributed by atoms with Gasteiger partial charge in [0.25, 0.3) is 0 Å². The van der Waals surface area contributed by atoms with E-state index in [2.05, 4.69) is 33.8 Å². The molecule has 1 aromatic carbocycles. The highest BCUT2D eigenvalue weighted by Crippen LogP contribution is 2.66. The van der Waals surface area contributed by atoms with Gasteiger partial charge in [-0.25, -0.2) is 4.79 Å². The fraction of sp³-hybridized carbons (Fsp3) is 0.710. The fourth-order valence-corrected chi connectivity index (χ4v) is 9.02. The SMILES string of the molecule is CCC[C@@H](C)C1CC[C@H]2[C@@H]3CC[C@@H]4C[C@H](OC(=O)c5ccccc5)CC[C@]4(C)C3=CC[C@]12C. The summed E-state index contributed by atoms with van der Waals surface area (Å²) in [5.74, 6) is 3.95. The molecule has 4 aliphatic carbocycles. The number of carbonyl (C=O) groups is 1. The number of hydrogen-bond acceptors (Lipinski definition) is 2. The van der Waals surface area contributed by atoms with Crippen molar-refractivity contribution in [3.8, 4) is 0 Å². The van der Waals surface area contributed by atoms with Crippen LogP contribution in [0.4, 0.5) is 0 Å². The minimum atomic E-state index is -0.149. The van der Waals surface area contributed by atoms with Crippen LogP contribution in [-0.2, 0) is 4.74 Å². The van der Waals surface area contributed by atoms with E-state index in [0.717, 1.165) is 36.5 Å². The summed E-state index contributed by atoms with van der Waals surface area (Å²) in [6.07, 6.45) is 15.5. The van der Waals surface area contributed by atoms with E-state index in [-0.39, 0.29) is 12.1 Å². The van der Waals surface area contributed by atoms with E-state index in [1.165, 1.54) is 51.4 Å². The zero-order valence-electron chi connectivity index (χ0n) is 21.3. The van der Waals surface area contributed by atoms with Gasteiger partial charge in [-0.2, -0.15) is 0 Å². The monoisotopic (exact) mass is 448 g/mol. The van der Waals surface area contributed by atoms with Crippen LogP contribution in [0.15, 0.2) is 42.0 Å². The van der Waals surface area contributed by atoms with Crippen molar-refractivity contribution in [3.05, 3.63) is 47.5 Å². The van der Waals surface area contributed by atoms with Crippen molar-refractivity contribution in [1.82, 2.24) is 0 Å². The Bertz CT molecular complexity index is 887. The second-order valence-electron chi connectivity index (χ2n) is 12.4. The lowest BCUT2D eigenvalue weighted by Gasteiger charge is -2.57. The minimum Gasteiger partial charge on any atom is -0.459 e. The Hall–Kier alpha value is -1.57. The van der Waals surface area contributed by atoms with Gasteiger partial charge in [-0.15, -0.1) is 0 Å². The van der Waals surface area contributed by atoms with Gasteiger partial charge in [0, 0.05) is 0 Å². The summed E-state index contributed by atoms with van der Waals surface area (Å²) in [6.45, 7) is 10.1. The van der Waals surface area contributed by atoms with Crippen LogP contribution in [0, 0.1) is 40.4 Å². The van der Waals surface area contributed by atoms with E-state index < -0.39 is 0 Å². The van der Waals surface area contributed by atoms with Crippen molar-refractivity contribution in [2.45, 2.75) is 98.0 Å². The molecule has 8 atom stereocenters. The number of ether oxygens (including phenoxy) is 1. The van der Waals surface area contributed by atoms with Crippen molar-refractivity contribution in [2.75, 3.05) is 0 Å². The normalized spacial score (nSPS) is 40.7. The third-order valence-corrected chi connectivity index (χ3v) is 10.8. The number of carbonyl (C=O) groups excluding carboxylic acids is 1. The lowest BCUT2D eigenvalue weighted by atomic mass is 9.48. The highest BCUT2D eigenvalue weighted by Gasteiger charge is 2.57. The predicted molar refractivity (Wildman–Crippen MR) is 135 cm³/mol. The smallest absolute Gasteiger partial charge is 0.338 e. The number of esters is 1. The average Bonchev–Trinajstić information content (AvgIpc) is 3.17.